The summed E-state index contributed by atoms with van der Waals surface area (Å²) in [6.07, 6.45) is -9.67. The zero-order valence-corrected chi connectivity index (χ0v) is 29.9. The van der Waals surface area contributed by atoms with Crippen molar-refractivity contribution >= 4 is 17.5 Å². The lowest BCUT2D eigenvalue weighted by Crippen LogP contribution is -2.49. The van der Waals surface area contributed by atoms with Crippen molar-refractivity contribution in [2.75, 3.05) is 32.1 Å². The van der Waals surface area contributed by atoms with Gasteiger partial charge in [-0.25, -0.2) is 0 Å². The Bertz CT molecular complexity index is 1900. The maximum Gasteiger partial charge on any atom is 0.416 e. The summed E-state index contributed by atoms with van der Waals surface area (Å²) in [7, 11) is 1.89. The molecule has 2 amide bonds. The molecule has 1 heterocycles. The second-order valence-electron chi connectivity index (χ2n) is 13.6. The van der Waals surface area contributed by atoms with Gasteiger partial charge in [-0.2, -0.15) is 26.3 Å². The van der Waals surface area contributed by atoms with Crippen LogP contribution in [0.2, 0.25) is 0 Å². The SMILES string of the molecule is CC(CO)N1C[C@@H](C)[C@@H](CN(C)Cc2ccc(OCc3cccc(C(F)(F)F)c3)cc2)Oc2c(NC(=O)Cc3ccc(C(F)(F)F)cc3)cccc2C1=O. The van der Waals surface area contributed by atoms with E-state index in [1.807, 2.05) is 31.0 Å². The lowest BCUT2D eigenvalue weighted by atomic mass is 9.98. The van der Waals surface area contributed by atoms with Crippen molar-refractivity contribution in [3.8, 4) is 11.5 Å². The highest BCUT2D eigenvalue weighted by Gasteiger charge is 2.35. The number of hydrogen-bond acceptors (Lipinski definition) is 6. The number of likely N-dealkylation sites (N-methyl/N-ethyl adjacent to an activating group) is 1. The molecule has 0 saturated heterocycles. The first kappa shape index (κ1) is 40.1. The van der Waals surface area contributed by atoms with Crippen LogP contribution in [0.25, 0.3) is 0 Å². The Morgan fingerprint density at radius 2 is 1.57 bits per heavy atom. The first-order chi connectivity index (χ1) is 25.5. The van der Waals surface area contributed by atoms with Crippen LogP contribution in [0, 0.1) is 5.92 Å². The highest BCUT2D eigenvalue weighted by Crippen LogP contribution is 2.36. The molecule has 0 bridgehead atoms. The molecule has 0 aliphatic carbocycles. The number of anilines is 1. The molecule has 0 aromatic heterocycles. The van der Waals surface area contributed by atoms with Crippen molar-refractivity contribution in [1.29, 1.82) is 0 Å². The van der Waals surface area contributed by atoms with Gasteiger partial charge in [-0.15, -0.1) is 0 Å². The number of amides is 2. The van der Waals surface area contributed by atoms with E-state index in [9.17, 15) is 41.0 Å². The summed E-state index contributed by atoms with van der Waals surface area (Å²) in [5.74, 6) is -0.514. The third kappa shape index (κ3) is 10.3. The summed E-state index contributed by atoms with van der Waals surface area (Å²) in [4.78, 5) is 30.6. The molecule has 0 spiro atoms. The summed E-state index contributed by atoms with van der Waals surface area (Å²) in [6.45, 7) is 4.50. The Labute approximate surface area is 309 Å². The number of rotatable bonds is 12. The van der Waals surface area contributed by atoms with Gasteiger partial charge in [0.25, 0.3) is 5.91 Å². The van der Waals surface area contributed by atoms with Gasteiger partial charge in [-0.3, -0.25) is 14.5 Å². The summed E-state index contributed by atoms with van der Waals surface area (Å²) in [5, 5.41) is 12.8. The molecule has 288 valence electrons. The van der Waals surface area contributed by atoms with Crippen LogP contribution in [0.1, 0.15) is 52.0 Å². The van der Waals surface area contributed by atoms with E-state index in [0.29, 0.717) is 30.0 Å². The molecule has 54 heavy (non-hydrogen) atoms. The van der Waals surface area contributed by atoms with Gasteiger partial charge in [-0.05, 0) is 79.2 Å². The first-order valence-corrected chi connectivity index (χ1v) is 17.3. The Morgan fingerprint density at radius 3 is 2.22 bits per heavy atom. The number of benzene rings is 4. The third-order valence-electron chi connectivity index (χ3n) is 9.14. The van der Waals surface area contributed by atoms with Crippen molar-refractivity contribution in [2.24, 2.45) is 5.92 Å². The normalized spacial score (nSPS) is 16.9. The molecule has 1 aliphatic heterocycles. The Kier molecular flexibility index (Phi) is 12.6. The monoisotopic (exact) mass is 757 g/mol. The van der Waals surface area contributed by atoms with Gasteiger partial charge in [-0.1, -0.05) is 49.4 Å². The fourth-order valence-corrected chi connectivity index (χ4v) is 6.13. The second-order valence-corrected chi connectivity index (χ2v) is 13.6. The molecule has 5 rings (SSSR count). The average molecular weight is 758 g/mol. The van der Waals surface area contributed by atoms with Gasteiger partial charge >= 0.3 is 12.4 Å². The van der Waals surface area contributed by atoms with Crippen molar-refractivity contribution < 1.29 is 50.5 Å². The van der Waals surface area contributed by atoms with Crippen LogP contribution in [0.3, 0.4) is 0 Å². The summed E-state index contributed by atoms with van der Waals surface area (Å²) < 4.78 is 90.6. The molecule has 1 aliphatic rings. The summed E-state index contributed by atoms with van der Waals surface area (Å²) in [6, 6.07) is 20.7. The quantitative estimate of drug-likeness (QED) is 0.143. The molecule has 0 fully saturated rings. The lowest BCUT2D eigenvalue weighted by molar-refractivity contribution is -0.138. The van der Waals surface area contributed by atoms with E-state index in [-0.39, 0.29) is 55.0 Å². The number of hydrogen-bond donors (Lipinski definition) is 2. The maximum absolute atomic E-state index is 13.8. The molecule has 0 saturated carbocycles. The molecule has 0 radical (unpaired) electrons. The Morgan fingerprint density at radius 1 is 0.926 bits per heavy atom. The van der Waals surface area contributed by atoms with Crippen molar-refractivity contribution in [3.63, 3.8) is 0 Å². The topological polar surface area (TPSA) is 91.3 Å². The Balaban J connectivity index is 1.29. The van der Waals surface area contributed by atoms with Crippen molar-refractivity contribution in [3.05, 3.63) is 124 Å². The first-order valence-electron chi connectivity index (χ1n) is 17.3. The van der Waals surface area contributed by atoms with Crippen LogP contribution >= 0.6 is 0 Å². The molecule has 2 N–H and O–H groups in total. The van der Waals surface area contributed by atoms with Crippen molar-refractivity contribution in [2.45, 2.75) is 57.9 Å². The minimum Gasteiger partial charge on any atom is -0.489 e. The molecule has 14 heteroatoms. The molecule has 4 aromatic rings. The number of para-hydroxylation sites is 1. The van der Waals surface area contributed by atoms with Crippen molar-refractivity contribution in [1.82, 2.24) is 9.80 Å². The zero-order chi connectivity index (χ0) is 39.2. The van der Waals surface area contributed by atoms with E-state index in [1.165, 1.54) is 18.2 Å². The van der Waals surface area contributed by atoms with Gasteiger partial charge < -0.3 is 24.8 Å². The van der Waals surface area contributed by atoms with E-state index < -0.39 is 41.5 Å². The number of alkyl halides is 6. The van der Waals surface area contributed by atoms with E-state index in [1.54, 1.807) is 48.2 Å². The lowest BCUT2D eigenvalue weighted by Gasteiger charge is -2.38. The fourth-order valence-electron chi connectivity index (χ4n) is 6.13. The van der Waals surface area contributed by atoms with Gasteiger partial charge in [0.1, 0.15) is 18.5 Å². The standard InChI is InChI=1S/C40H41F6N3O5/c1-25-20-49(26(2)23-50)38(52)33-8-5-9-34(47-36(51)19-27-10-14-30(15-11-27)39(41,42)43)37(33)54-35(25)22-48(3)21-28-12-16-32(17-13-28)53-24-29-6-4-7-31(18-29)40(44,45)46/h4-18,25-26,35,50H,19-24H2,1-3H3,(H,47,51)/t25-,26?,35-/m1/s1. The van der Waals surface area contributed by atoms with E-state index >= 15 is 0 Å². The van der Waals surface area contributed by atoms with Crippen LogP contribution in [0.5, 0.6) is 11.5 Å². The molecule has 8 nitrogen and oxygen atoms in total. The molecule has 4 aromatic carbocycles. The highest BCUT2D eigenvalue weighted by molar-refractivity contribution is 6.02. The number of nitrogens with zero attached hydrogens (tertiary/aromatic N) is 2. The predicted molar refractivity (Wildman–Crippen MR) is 190 cm³/mol. The van der Waals surface area contributed by atoms with Gasteiger partial charge in [0, 0.05) is 25.6 Å². The zero-order valence-electron chi connectivity index (χ0n) is 29.9. The maximum atomic E-state index is 13.8. The largest absolute Gasteiger partial charge is 0.489 e. The van der Waals surface area contributed by atoms with Crippen LogP contribution in [0.4, 0.5) is 32.0 Å². The highest BCUT2D eigenvalue weighted by atomic mass is 19.4. The fraction of sp³-hybridized carbons (Fsp3) is 0.350. The van der Waals surface area contributed by atoms with E-state index in [0.717, 1.165) is 29.8 Å². The summed E-state index contributed by atoms with van der Waals surface area (Å²) >= 11 is 0. The number of nitrogens with one attached hydrogen (secondary N) is 1. The van der Waals surface area contributed by atoms with E-state index in [4.69, 9.17) is 9.47 Å². The van der Waals surface area contributed by atoms with Crippen LogP contribution < -0.4 is 14.8 Å². The van der Waals surface area contributed by atoms with Gasteiger partial charge in [0.15, 0.2) is 5.75 Å². The van der Waals surface area contributed by atoms with E-state index in [2.05, 4.69) is 5.32 Å². The molecule has 1 unspecified atom stereocenters. The Hall–Kier alpha value is -5.08. The number of carbonyl (C=O) groups is 2. The smallest absolute Gasteiger partial charge is 0.416 e. The third-order valence-corrected chi connectivity index (χ3v) is 9.14. The molecular weight excluding hydrogens is 716 g/mol. The minimum atomic E-state index is -4.51. The minimum absolute atomic E-state index is 0.0343. The number of halogens is 6. The predicted octanol–water partition coefficient (Wildman–Crippen LogP) is 7.84. The number of carbonyl (C=O) groups excluding carboxylic acids is 2. The molecular formula is C40H41F6N3O5. The van der Waals surface area contributed by atoms with Gasteiger partial charge in [0.05, 0.1) is 41.4 Å². The van der Waals surface area contributed by atoms with Crippen LogP contribution in [0.15, 0.2) is 91.0 Å². The van der Waals surface area contributed by atoms with Crippen LogP contribution in [-0.2, 0) is 36.7 Å². The number of aliphatic hydroxyl groups is 1. The summed E-state index contributed by atoms with van der Waals surface area (Å²) in [5.41, 5.74) is 0.507. The molecule has 3 atom stereocenters. The number of fused-ring (bicyclic) bond motifs is 1. The number of aliphatic hydroxyl groups excluding tert-OH is 1. The van der Waals surface area contributed by atoms with Gasteiger partial charge in [0.2, 0.25) is 5.91 Å². The second kappa shape index (κ2) is 16.9. The number of ether oxygens (including phenoxy) is 2. The van der Waals surface area contributed by atoms with Crippen LogP contribution in [-0.4, -0.2) is 65.6 Å². The average Bonchev–Trinajstić information content (AvgIpc) is 3.12.